The number of rotatable bonds is 12. The van der Waals surface area contributed by atoms with Gasteiger partial charge in [-0.3, -0.25) is 13.9 Å². The molecule has 2 amide bonds. The molecule has 2 atom stereocenters. The van der Waals surface area contributed by atoms with Crippen LogP contribution in [0, 0.1) is 6.92 Å². The van der Waals surface area contributed by atoms with E-state index >= 15 is 0 Å². The van der Waals surface area contributed by atoms with Crippen molar-refractivity contribution in [3.8, 4) is 0 Å². The van der Waals surface area contributed by atoms with Gasteiger partial charge in [-0.05, 0) is 80.3 Å². The molecule has 3 rings (SSSR count). The lowest BCUT2D eigenvalue weighted by atomic mass is 10.1. The van der Waals surface area contributed by atoms with Crippen LogP contribution >= 0.6 is 23.2 Å². The molecular weight excluding hydrogens is 569 g/mol. The molecule has 0 radical (unpaired) electrons. The van der Waals surface area contributed by atoms with Crippen molar-refractivity contribution in [3.63, 3.8) is 0 Å². The van der Waals surface area contributed by atoms with Crippen molar-refractivity contribution in [2.75, 3.05) is 10.8 Å². The van der Waals surface area contributed by atoms with Crippen molar-refractivity contribution in [2.45, 2.75) is 64.1 Å². The molecule has 0 aliphatic carbocycles. The van der Waals surface area contributed by atoms with Gasteiger partial charge in [0.2, 0.25) is 11.8 Å². The van der Waals surface area contributed by atoms with E-state index in [-0.39, 0.29) is 23.4 Å². The van der Waals surface area contributed by atoms with Gasteiger partial charge in [-0.1, -0.05) is 67.4 Å². The number of nitrogens with one attached hydrogen (secondary N) is 1. The van der Waals surface area contributed by atoms with Crippen LogP contribution in [-0.4, -0.2) is 43.8 Å². The van der Waals surface area contributed by atoms with Gasteiger partial charge in [-0.2, -0.15) is 0 Å². The van der Waals surface area contributed by atoms with Crippen LogP contribution in [0.3, 0.4) is 0 Å². The lowest BCUT2D eigenvalue weighted by Gasteiger charge is -2.34. The monoisotopic (exact) mass is 603 g/mol. The highest BCUT2D eigenvalue weighted by molar-refractivity contribution is 7.92. The average molecular weight is 605 g/mol. The molecule has 0 aliphatic heterocycles. The summed E-state index contributed by atoms with van der Waals surface area (Å²) in [5.74, 6) is -0.811. The Hall–Kier alpha value is -3.07. The number of amides is 2. The second kappa shape index (κ2) is 14.0. The highest BCUT2D eigenvalue weighted by Gasteiger charge is 2.34. The van der Waals surface area contributed by atoms with E-state index in [0.717, 1.165) is 16.3 Å². The van der Waals surface area contributed by atoms with E-state index in [9.17, 15) is 18.0 Å². The lowest BCUT2D eigenvalue weighted by Crippen LogP contribution is -2.53. The Labute approximate surface area is 247 Å². The van der Waals surface area contributed by atoms with E-state index in [1.807, 2.05) is 20.8 Å². The maximum absolute atomic E-state index is 14.1. The molecule has 3 aromatic rings. The molecule has 0 saturated heterocycles. The molecule has 0 bridgehead atoms. The normalized spacial score (nSPS) is 12.8. The maximum atomic E-state index is 14.1. The zero-order valence-electron chi connectivity index (χ0n) is 23.1. The number of carbonyl (C=O) groups is 2. The van der Waals surface area contributed by atoms with Crippen molar-refractivity contribution >= 4 is 50.7 Å². The van der Waals surface area contributed by atoms with Crippen LogP contribution in [0.1, 0.15) is 44.7 Å². The Balaban J connectivity index is 2.07. The van der Waals surface area contributed by atoms with E-state index in [0.29, 0.717) is 27.7 Å². The van der Waals surface area contributed by atoms with Gasteiger partial charge in [-0.25, -0.2) is 8.42 Å². The van der Waals surface area contributed by atoms with Crippen LogP contribution in [0.15, 0.2) is 77.7 Å². The van der Waals surface area contributed by atoms with Gasteiger partial charge in [0.1, 0.15) is 12.6 Å². The first kappa shape index (κ1) is 31.5. The Morgan fingerprint density at radius 3 is 2.10 bits per heavy atom. The Bertz CT molecular complexity index is 1420. The van der Waals surface area contributed by atoms with Gasteiger partial charge in [0.15, 0.2) is 0 Å². The summed E-state index contributed by atoms with van der Waals surface area (Å²) in [7, 11) is -4.15. The topological polar surface area (TPSA) is 86.8 Å². The molecule has 40 heavy (non-hydrogen) atoms. The van der Waals surface area contributed by atoms with Gasteiger partial charge in [0.25, 0.3) is 10.0 Å². The summed E-state index contributed by atoms with van der Waals surface area (Å²) >= 11 is 12.2. The predicted molar refractivity (Wildman–Crippen MR) is 161 cm³/mol. The van der Waals surface area contributed by atoms with Crippen molar-refractivity contribution in [1.29, 1.82) is 0 Å². The summed E-state index contributed by atoms with van der Waals surface area (Å²) in [4.78, 5) is 28.9. The van der Waals surface area contributed by atoms with Gasteiger partial charge >= 0.3 is 0 Å². The SMILES string of the molecule is CC[C@@H](C)NC(=O)[C@H](CC)N(Cc1ccc(Cl)cc1)C(=O)CN(c1ccc(Cl)cc1C)S(=O)(=O)c1ccccc1. The minimum absolute atomic E-state index is 0.0444. The second-order valence-electron chi connectivity index (χ2n) is 9.65. The fourth-order valence-corrected chi connectivity index (χ4v) is 6.13. The first-order valence-electron chi connectivity index (χ1n) is 13.2. The molecule has 3 aromatic carbocycles. The fraction of sp³-hybridized carbons (Fsp3) is 0.333. The number of aryl methyl sites for hydroxylation is 1. The predicted octanol–water partition coefficient (Wildman–Crippen LogP) is 6.22. The molecule has 1 N–H and O–H groups in total. The van der Waals surface area contributed by atoms with Crippen molar-refractivity contribution in [3.05, 3.63) is 94.0 Å². The van der Waals surface area contributed by atoms with E-state index in [4.69, 9.17) is 23.2 Å². The standard InChI is InChI=1S/C30H35Cl2N3O4S/c1-5-22(4)33-30(37)27(6-2)34(19-23-12-14-24(31)15-13-23)29(36)20-35(28-17-16-25(32)18-21(28)3)40(38,39)26-10-8-7-9-11-26/h7-18,22,27H,5-6,19-20H2,1-4H3,(H,33,37)/t22-,27+/m1/s1. The second-order valence-corrected chi connectivity index (χ2v) is 12.4. The van der Waals surface area contributed by atoms with Gasteiger partial charge in [0.05, 0.1) is 10.6 Å². The highest BCUT2D eigenvalue weighted by atomic mass is 35.5. The molecule has 0 saturated carbocycles. The van der Waals surface area contributed by atoms with Crippen LogP contribution in [0.2, 0.25) is 10.0 Å². The highest BCUT2D eigenvalue weighted by Crippen LogP contribution is 2.29. The third kappa shape index (κ3) is 7.77. The number of nitrogens with zero attached hydrogens (tertiary/aromatic N) is 2. The zero-order valence-corrected chi connectivity index (χ0v) is 25.4. The molecular formula is C30H35Cl2N3O4S. The minimum Gasteiger partial charge on any atom is -0.352 e. The van der Waals surface area contributed by atoms with Crippen LogP contribution < -0.4 is 9.62 Å². The quantitative estimate of drug-likeness (QED) is 0.266. The molecule has 0 spiro atoms. The third-order valence-corrected chi connectivity index (χ3v) is 8.95. The van der Waals surface area contributed by atoms with Crippen LogP contribution in [-0.2, 0) is 26.2 Å². The number of hydrogen-bond acceptors (Lipinski definition) is 4. The van der Waals surface area contributed by atoms with Crippen LogP contribution in [0.25, 0.3) is 0 Å². The largest absolute Gasteiger partial charge is 0.352 e. The number of benzene rings is 3. The number of halogens is 2. The number of sulfonamides is 1. The molecule has 214 valence electrons. The third-order valence-electron chi connectivity index (χ3n) is 6.69. The molecule has 10 heteroatoms. The summed E-state index contributed by atoms with van der Waals surface area (Å²) in [6, 6.07) is 18.8. The van der Waals surface area contributed by atoms with Crippen molar-refractivity contribution in [2.24, 2.45) is 0 Å². The van der Waals surface area contributed by atoms with Crippen LogP contribution in [0.5, 0.6) is 0 Å². The van der Waals surface area contributed by atoms with Crippen molar-refractivity contribution < 1.29 is 18.0 Å². The minimum atomic E-state index is -4.15. The first-order chi connectivity index (χ1) is 19.0. The summed E-state index contributed by atoms with van der Waals surface area (Å²) in [5.41, 5.74) is 1.67. The summed E-state index contributed by atoms with van der Waals surface area (Å²) in [6.45, 7) is 7.00. The number of hydrogen-bond donors (Lipinski definition) is 1. The van der Waals surface area contributed by atoms with E-state index < -0.39 is 28.5 Å². The first-order valence-corrected chi connectivity index (χ1v) is 15.4. The Kier molecular flexibility index (Phi) is 11.0. The average Bonchev–Trinajstić information content (AvgIpc) is 2.93. The number of carbonyl (C=O) groups excluding carboxylic acids is 2. The zero-order chi connectivity index (χ0) is 29.4. The Morgan fingerprint density at radius 1 is 0.900 bits per heavy atom. The molecule has 0 heterocycles. The van der Waals surface area contributed by atoms with Gasteiger partial charge in [0, 0.05) is 22.6 Å². The molecule has 7 nitrogen and oxygen atoms in total. The summed E-state index contributed by atoms with van der Waals surface area (Å²) < 4.78 is 28.9. The Morgan fingerprint density at radius 2 is 1.52 bits per heavy atom. The van der Waals surface area contributed by atoms with Crippen LogP contribution in [0.4, 0.5) is 5.69 Å². The van der Waals surface area contributed by atoms with Gasteiger partial charge < -0.3 is 10.2 Å². The maximum Gasteiger partial charge on any atom is 0.264 e. The molecule has 0 fully saturated rings. The summed E-state index contributed by atoms with van der Waals surface area (Å²) in [5, 5.41) is 3.96. The lowest BCUT2D eigenvalue weighted by molar-refractivity contribution is -0.140. The number of anilines is 1. The molecule has 0 unspecified atom stereocenters. The van der Waals surface area contributed by atoms with E-state index in [1.54, 1.807) is 67.6 Å². The fourth-order valence-electron chi connectivity index (χ4n) is 4.28. The van der Waals surface area contributed by atoms with E-state index in [2.05, 4.69) is 5.32 Å². The smallest absolute Gasteiger partial charge is 0.264 e. The van der Waals surface area contributed by atoms with Crippen molar-refractivity contribution in [1.82, 2.24) is 10.2 Å². The molecule has 0 aromatic heterocycles. The van der Waals surface area contributed by atoms with Gasteiger partial charge in [-0.15, -0.1) is 0 Å². The van der Waals surface area contributed by atoms with E-state index in [1.165, 1.54) is 17.0 Å². The molecule has 0 aliphatic rings. The summed E-state index contributed by atoms with van der Waals surface area (Å²) in [6.07, 6.45) is 1.07.